The smallest absolute Gasteiger partial charge is 0.194 e. The molecule has 109 valence electrons. The molecule has 20 heavy (non-hydrogen) atoms. The molecule has 0 heterocycles. The van der Waals surface area contributed by atoms with Crippen LogP contribution in [0.2, 0.25) is 0 Å². The predicted octanol–water partition coefficient (Wildman–Crippen LogP) is 2.70. The first kappa shape index (κ1) is 16.5. The van der Waals surface area contributed by atoms with E-state index in [1.165, 1.54) is 14.2 Å². The Morgan fingerprint density at radius 3 is 1.55 bits per heavy atom. The zero-order chi connectivity index (χ0) is 15.6. The quantitative estimate of drug-likeness (QED) is 0.750. The van der Waals surface area contributed by atoms with Crippen LogP contribution in [0.5, 0.6) is 0 Å². The van der Waals surface area contributed by atoms with Gasteiger partial charge in [-0.25, -0.2) is 0 Å². The standard InChI is InChI=1S/C16H21O4/c1-15(2,19-5)13(17)11-8-7-9-12(10-11)14(18)16(3,4)20-6/h8-10H,1-6H3. The van der Waals surface area contributed by atoms with E-state index in [0.717, 1.165) is 0 Å². The lowest BCUT2D eigenvalue weighted by Gasteiger charge is -2.23. The number of ether oxygens (including phenoxy) is 2. The Kier molecular flexibility index (Phi) is 4.84. The van der Waals surface area contributed by atoms with Crippen LogP contribution in [-0.2, 0) is 9.47 Å². The predicted molar refractivity (Wildman–Crippen MR) is 76.1 cm³/mol. The highest BCUT2D eigenvalue weighted by atomic mass is 16.5. The van der Waals surface area contributed by atoms with Gasteiger partial charge in [-0.2, -0.15) is 0 Å². The Hall–Kier alpha value is -1.52. The van der Waals surface area contributed by atoms with Crippen molar-refractivity contribution in [1.82, 2.24) is 0 Å². The van der Waals surface area contributed by atoms with E-state index in [9.17, 15) is 9.59 Å². The second-order valence-electron chi connectivity index (χ2n) is 5.60. The van der Waals surface area contributed by atoms with E-state index in [-0.39, 0.29) is 11.6 Å². The number of carbonyl (C=O) groups is 2. The van der Waals surface area contributed by atoms with E-state index >= 15 is 0 Å². The fraction of sp³-hybridized carbons (Fsp3) is 0.500. The second-order valence-corrected chi connectivity index (χ2v) is 5.60. The molecular weight excluding hydrogens is 256 g/mol. The average Bonchev–Trinajstić information content (AvgIpc) is 2.45. The number of rotatable bonds is 6. The highest BCUT2D eigenvalue weighted by Gasteiger charge is 2.31. The minimum atomic E-state index is -0.938. The van der Waals surface area contributed by atoms with Crippen molar-refractivity contribution in [3.63, 3.8) is 0 Å². The zero-order valence-electron chi connectivity index (χ0n) is 12.9. The summed E-state index contributed by atoms with van der Waals surface area (Å²) in [5, 5.41) is 0. The van der Waals surface area contributed by atoms with Gasteiger partial charge < -0.3 is 9.47 Å². The highest BCUT2D eigenvalue weighted by molar-refractivity contribution is 6.06. The fourth-order valence-corrected chi connectivity index (χ4v) is 1.61. The van der Waals surface area contributed by atoms with Crippen LogP contribution < -0.4 is 0 Å². The van der Waals surface area contributed by atoms with Gasteiger partial charge in [-0.1, -0.05) is 0 Å². The van der Waals surface area contributed by atoms with Crippen LogP contribution in [0.25, 0.3) is 0 Å². The van der Waals surface area contributed by atoms with E-state index in [1.54, 1.807) is 45.9 Å². The molecule has 0 amide bonds. The summed E-state index contributed by atoms with van der Waals surface area (Å²) < 4.78 is 10.3. The van der Waals surface area contributed by atoms with Crippen LogP contribution >= 0.6 is 0 Å². The summed E-state index contributed by atoms with van der Waals surface area (Å²) in [6, 6.07) is 7.50. The van der Waals surface area contributed by atoms with Crippen molar-refractivity contribution in [2.45, 2.75) is 38.9 Å². The number of hydrogen-bond acceptors (Lipinski definition) is 4. The molecule has 1 rings (SSSR count). The number of methoxy groups -OCH3 is 2. The zero-order valence-corrected chi connectivity index (χ0v) is 12.9. The molecule has 0 unspecified atom stereocenters. The number of carbonyl (C=O) groups excluding carboxylic acids is 2. The summed E-state index contributed by atoms with van der Waals surface area (Å²) in [5.41, 5.74) is -1.08. The van der Waals surface area contributed by atoms with Gasteiger partial charge in [0.25, 0.3) is 0 Å². The summed E-state index contributed by atoms with van der Waals surface area (Å²) in [5.74, 6) is -0.387. The Labute approximate surface area is 120 Å². The van der Waals surface area contributed by atoms with Crippen LogP contribution in [0.4, 0.5) is 0 Å². The Morgan fingerprint density at radius 2 is 1.25 bits per heavy atom. The first-order valence-electron chi connectivity index (χ1n) is 6.37. The van der Waals surface area contributed by atoms with Crippen LogP contribution in [0.1, 0.15) is 48.4 Å². The van der Waals surface area contributed by atoms with E-state index in [2.05, 4.69) is 6.07 Å². The molecule has 0 bridgehead atoms. The third-order valence-electron chi connectivity index (χ3n) is 3.43. The molecule has 4 nitrogen and oxygen atoms in total. The maximum absolute atomic E-state index is 12.3. The van der Waals surface area contributed by atoms with Gasteiger partial charge in [0.1, 0.15) is 11.2 Å². The largest absolute Gasteiger partial charge is 0.371 e. The molecule has 0 aliphatic rings. The lowest BCUT2D eigenvalue weighted by atomic mass is 9.91. The first-order chi connectivity index (χ1) is 9.15. The molecule has 1 aromatic rings. The molecule has 0 spiro atoms. The number of benzene rings is 1. The van der Waals surface area contributed by atoms with Gasteiger partial charge in [0, 0.05) is 25.3 Å². The van der Waals surface area contributed by atoms with Crippen molar-refractivity contribution in [2.75, 3.05) is 14.2 Å². The Bertz CT molecular complexity index is 472. The molecule has 0 aromatic heterocycles. The van der Waals surface area contributed by atoms with Crippen molar-refractivity contribution < 1.29 is 19.1 Å². The van der Waals surface area contributed by atoms with Crippen molar-refractivity contribution in [3.8, 4) is 0 Å². The molecule has 1 aromatic carbocycles. The topological polar surface area (TPSA) is 52.6 Å². The van der Waals surface area contributed by atoms with E-state index in [0.29, 0.717) is 11.1 Å². The van der Waals surface area contributed by atoms with Crippen molar-refractivity contribution >= 4 is 11.6 Å². The van der Waals surface area contributed by atoms with Crippen molar-refractivity contribution in [3.05, 3.63) is 35.4 Å². The van der Waals surface area contributed by atoms with E-state index in [1.807, 2.05) is 0 Å². The van der Waals surface area contributed by atoms with Crippen molar-refractivity contribution in [1.29, 1.82) is 0 Å². The van der Waals surface area contributed by atoms with Gasteiger partial charge in [-0.3, -0.25) is 9.59 Å². The first-order valence-corrected chi connectivity index (χ1v) is 6.37. The SMILES string of the molecule is COC(C)(C)C(=O)c1c[c]cc(C(=O)C(C)(C)OC)c1. The van der Waals surface area contributed by atoms with Crippen LogP contribution in [0.15, 0.2) is 18.2 Å². The maximum atomic E-state index is 12.3. The molecule has 0 N–H and O–H groups in total. The molecule has 0 saturated heterocycles. The Balaban J connectivity index is 3.16. The van der Waals surface area contributed by atoms with Crippen molar-refractivity contribution in [2.24, 2.45) is 0 Å². The van der Waals surface area contributed by atoms with Crippen LogP contribution in [0, 0.1) is 6.07 Å². The van der Waals surface area contributed by atoms with Gasteiger partial charge in [-0.05, 0) is 52.0 Å². The molecule has 0 aliphatic carbocycles. The molecule has 0 fully saturated rings. The molecular formula is C16H21O4. The van der Waals surface area contributed by atoms with Gasteiger partial charge in [0.2, 0.25) is 0 Å². The van der Waals surface area contributed by atoms with Gasteiger partial charge in [0.15, 0.2) is 11.6 Å². The summed E-state index contributed by atoms with van der Waals surface area (Å²) >= 11 is 0. The summed E-state index contributed by atoms with van der Waals surface area (Å²) in [6.45, 7) is 6.73. The average molecular weight is 277 g/mol. The lowest BCUT2D eigenvalue weighted by molar-refractivity contribution is 0.0221. The molecule has 0 aliphatic heterocycles. The number of ketones is 2. The van der Waals surface area contributed by atoms with Gasteiger partial charge in [0.05, 0.1) is 0 Å². The summed E-state index contributed by atoms with van der Waals surface area (Å²) in [4.78, 5) is 24.6. The number of Topliss-reactive ketones (excluding diaryl/α,β-unsaturated/α-hetero) is 2. The maximum Gasteiger partial charge on any atom is 0.194 e. The fourth-order valence-electron chi connectivity index (χ4n) is 1.61. The monoisotopic (exact) mass is 277 g/mol. The lowest BCUT2D eigenvalue weighted by Crippen LogP contribution is -2.35. The van der Waals surface area contributed by atoms with Crippen LogP contribution in [0.3, 0.4) is 0 Å². The molecule has 0 saturated carbocycles. The number of hydrogen-bond donors (Lipinski definition) is 0. The minimum Gasteiger partial charge on any atom is -0.371 e. The van der Waals surface area contributed by atoms with E-state index < -0.39 is 11.2 Å². The highest BCUT2D eigenvalue weighted by Crippen LogP contribution is 2.20. The molecule has 4 heteroatoms. The van der Waals surface area contributed by atoms with Crippen LogP contribution in [-0.4, -0.2) is 37.0 Å². The molecule has 1 radical (unpaired) electrons. The third-order valence-corrected chi connectivity index (χ3v) is 3.43. The summed E-state index contributed by atoms with van der Waals surface area (Å²) in [6.07, 6.45) is 0. The third kappa shape index (κ3) is 3.32. The molecule has 0 atom stereocenters. The summed E-state index contributed by atoms with van der Waals surface area (Å²) in [7, 11) is 2.95. The minimum absolute atomic E-state index is 0.193. The van der Waals surface area contributed by atoms with Gasteiger partial charge >= 0.3 is 0 Å². The van der Waals surface area contributed by atoms with E-state index in [4.69, 9.17) is 9.47 Å². The second kappa shape index (κ2) is 5.85. The normalized spacial score (nSPS) is 12.3. The Morgan fingerprint density at radius 1 is 0.900 bits per heavy atom. The van der Waals surface area contributed by atoms with Gasteiger partial charge in [-0.15, -0.1) is 0 Å².